The van der Waals surface area contributed by atoms with Gasteiger partial charge in [-0.3, -0.25) is 4.98 Å². The van der Waals surface area contributed by atoms with Crippen molar-refractivity contribution in [1.82, 2.24) is 9.97 Å². The third-order valence-corrected chi connectivity index (χ3v) is 3.39. The molecular formula is C12H8N2OS. The van der Waals surface area contributed by atoms with E-state index in [1.54, 1.807) is 35.9 Å². The zero-order chi connectivity index (χ0) is 11.0. The van der Waals surface area contributed by atoms with E-state index in [0.29, 0.717) is 0 Å². The average molecular weight is 228 g/mol. The van der Waals surface area contributed by atoms with Crippen molar-refractivity contribution in [2.45, 2.75) is 0 Å². The van der Waals surface area contributed by atoms with E-state index in [4.69, 9.17) is 0 Å². The van der Waals surface area contributed by atoms with Gasteiger partial charge in [0.25, 0.3) is 0 Å². The van der Waals surface area contributed by atoms with Gasteiger partial charge in [-0.15, -0.1) is 11.3 Å². The van der Waals surface area contributed by atoms with Crippen LogP contribution in [0.5, 0.6) is 5.75 Å². The van der Waals surface area contributed by atoms with E-state index < -0.39 is 0 Å². The van der Waals surface area contributed by atoms with Crippen LogP contribution in [-0.2, 0) is 0 Å². The number of aromatic nitrogens is 2. The SMILES string of the molecule is Oc1ccc(-c2nc3cnccc3s2)cc1. The molecule has 0 amide bonds. The summed E-state index contributed by atoms with van der Waals surface area (Å²) in [6.45, 7) is 0. The molecule has 3 nitrogen and oxygen atoms in total. The molecule has 0 aliphatic rings. The van der Waals surface area contributed by atoms with Crippen LogP contribution in [-0.4, -0.2) is 15.1 Å². The molecule has 16 heavy (non-hydrogen) atoms. The van der Waals surface area contributed by atoms with Crippen LogP contribution in [0.1, 0.15) is 0 Å². The normalized spacial score (nSPS) is 10.8. The summed E-state index contributed by atoms with van der Waals surface area (Å²) in [5.74, 6) is 0.270. The van der Waals surface area contributed by atoms with Crippen molar-refractivity contribution in [3.8, 4) is 16.3 Å². The van der Waals surface area contributed by atoms with Crippen molar-refractivity contribution >= 4 is 21.6 Å². The molecule has 3 aromatic rings. The first-order chi connectivity index (χ1) is 7.83. The summed E-state index contributed by atoms with van der Waals surface area (Å²) in [7, 11) is 0. The van der Waals surface area contributed by atoms with E-state index in [-0.39, 0.29) is 5.75 Å². The Morgan fingerprint density at radius 2 is 1.88 bits per heavy atom. The Morgan fingerprint density at radius 3 is 2.62 bits per heavy atom. The fourth-order valence-corrected chi connectivity index (χ4v) is 2.45. The number of fused-ring (bicyclic) bond motifs is 1. The fraction of sp³-hybridized carbons (Fsp3) is 0. The summed E-state index contributed by atoms with van der Waals surface area (Å²) in [6, 6.07) is 9.01. The summed E-state index contributed by atoms with van der Waals surface area (Å²) >= 11 is 1.62. The minimum absolute atomic E-state index is 0.270. The Morgan fingerprint density at radius 1 is 1.06 bits per heavy atom. The van der Waals surface area contributed by atoms with Gasteiger partial charge in [0.05, 0.1) is 10.9 Å². The minimum atomic E-state index is 0.270. The average Bonchev–Trinajstić information content (AvgIpc) is 2.73. The highest BCUT2D eigenvalue weighted by Crippen LogP contribution is 2.30. The van der Waals surface area contributed by atoms with Gasteiger partial charge in [0.2, 0.25) is 0 Å². The lowest BCUT2D eigenvalue weighted by Gasteiger charge is -1.95. The summed E-state index contributed by atoms with van der Waals surface area (Å²) in [4.78, 5) is 8.53. The quantitative estimate of drug-likeness (QED) is 0.696. The van der Waals surface area contributed by atoms with E-state index in [1.807, 2.05) is 18.2 Å². The van der Waals surface area contributed by atoms with Crippen molar-refractivity contribution in [3.05, 3.63) is 42.7 Å². The highest BCUT2D eigenvalue weighted by Gasteiger charge is 2.05. The third-order valence-electron chi connectivity index (χ3n) is 2.30. The maximum absolute atomic E-state index is 9.22. The number of hydrogen-bond acceptors (Lipinski definition) is 4. The van der Waals surface area contributed by atoms with Gasteiger partial charge in [0.15, 0.2) is 0 Å². The number of aromatic hydroxyl groups is 1. The molecule has 0 aliphatic heterocycles. The van der Waals surface area contributed by atoms with Gasteiger partial charge in [-0.05, 0) is 30.3 Å². The van der Waals surface area contributed by atoms with E-state index in [0.717, 1.165) is 20.8 Å². The highest BCUT2D eigenvalue weighted by atomic mass is 32.1. The fourth-order valence-electron chi connectivity index (χ4n) is 1.51. The van der Waals surface area contributed by atoms with Crippen LogP contribution in [0.15, 0.2) is 42.7 Å². The predicted octanol–water partition coefficient (Wildman–Crippen LogP) is 3.06. The van der Waals surface area contributed by atoms with Crippen molar-refractivity contribution in [2.24, 2.45) is 0 Å². The highest BCUT2D eigenvalue weighted by molar-refractivity contribution is 7.21. The number of thiazole rings is 1. The molecule has 1 N–H and O–H groups in total. The minimum Gasteiger partial charge on any atom is -0.508 e. The number of hydrogen-bond donors (Lipinski definition) is 1. The van der Waals surface area contributed by atoms with E-state index in [2.05, 4.69) is 9.97 Å². The van der Waals surface area contributed by atoms with Gasteiger partial charge in [-0.25, -0.2) is 4.98 Å². The van der Waals surface area contributed by atoms with Crippen LogP contribution >= 0.6 is 11.3 Å². The molecule has 0 fully saturated rings. The van der Waals surface area contributed by atoms with Crippen LogP contribution in [0.3, 0.4) is 0 Å². The van der Waals surface area contributed by atoms with Crippen molar-refractivity contribution < 1.29 is 5.11 Å². The number of rotatable bonds is 1. The number of phenolic OH excluding ortho intramolecular Hbond substituents is 1. The van der Waals surface area contributed by atoms with Gasteiger partial charge < -0.3 is 5.11 Å². The van der Waals surface area contributed by atoms with Crippen molar-refractivity contribution in [2.75, 3.05) is 0 Å². The van der Waals surface area contributed by atoms with Crippen molar-refractivity contribution in [1.29, 1.82) is 0 Å². The van der Waals surface area contributed by atoms with Crippen LogP contribution < -0.4 is 0 Å². The van der Waals surface area contributed by atoms with Gasteiger partial charge in [0.1, 0.15) is 16.3 Å². The summed E-state index contributed by atoms with van der Waals surface area (Å²) in [5.41, 5.74) is 1.93. The summed E-state index contributed by atoms with van der Waals surface area (Å²) < 4.78 is 1.12. The van der Waals surface area contributed by atoms with E-state index in [1.165, 1.54) is 0 Å². The Hall–Kier alpha value is -1.94. The number of benzene rings is 1. The Balaban J connectivity index is 2.15. The van der Waals surface area contributed by atoms with Gasteiger partial charge in [-0.2, -0.15) is 0 Å². The lowest BCUT2D eigenvalue weighted by atomic mass is 10.2. The first-order valence-electron chi connectivity index (χ1n) is 4.83. The zero-order valence-electron chi connectivity index (χ0n) is 8.29. The number of phenols is 1. The first kappa shape index (κ1) is 9.30. The molecule has 4 heteroatoms. The lowest BCUT2D eigenvalue weighted by Crippen LogP contribution is -1.75. The molecule has 2 aromatic heterocycles. The van der Waals surface area contributed by atoms with E-state index >= 15 is 0 Å². The second-order valence-corrected chi connectivity index (χ2v) is 4.44. The Labute approximate surface area is 96.0 Å². The Bertz CT molecular complexity index is 598. The predicted molar refractivity (Wildman–Crippen MR) is 64.5 cm³/mol. The van der Waals surface area contributed by atoms with Gasteiger partial charge in [-0.1, -0.05) is 0 Å². The van der Waals surface area contributed by atoms with Gasteiger partial charge in [0, 0.05) is 11.8 Å². The molecule has 0 saturated heterocycles. The first-order valence-corrected chi connectivity index (χ1v) is 5.64. The molecular weight excluding hydrogens is 220 g/mol. The molecule has 0 saturated carbocycles. The topological polar surface area (TPSA) is 46.0 Å². The number of pyridine rings is 1. The summed E-state index contributed by atoms with van der Waals surface area (Å²) in [5, 5.41) is 10.2. The molecule has 0 radical (unpaired) electrons. The van der Waals surface area contributed by atoms with Crippen LogP contribution in [0, 0.1) is 0 Å². The summed E-state index contributed by atoms with van der Waals surface area (Å²) in [6.07, 6.45) is 3.52. The smallest absolute Gasteiger partial charge is 0.124 e. The largest absolute Gasteiger partial charge is 0.508 e. The molecule has 0 atom stereocenters. The van der Waals surface area contributed by atoms with E-state index in [9.17, 15) is 5.11 Å². The molecule has 3 rings (SSSR count). The lowest BCUT2D eigenvalue weighted by molar-refractivity contribution is 0.475. The molecule has 0 unspecified atom stereocenters. The second-order valence-electron chi connectivity index (χ2n) is 3.41. The van der Waals surface area contributed by atoms with Crippen LogP contribution in [0.25, 0.3) is 20.8 Å². The molecule has 78 valence electrons. The Kier molecular flexibility index (Phi) is 2.08. The second kappa shape index (κ2) is 3.57. The van der Waals surface area contributed by atoms with Crippen molar-refractivity contribution in [3.63, 3.8) is 0 Å². The monoisotopic (exact) mass is 228 g/mol. The standard InChI is InChI=1S/C12H8N2OS/c15-9-3-1-8(2-4-9)12-14-10-7-13-6-5-11(10)16-12/h1-7,15H. The van der Waals surface area contributed by atoms with Crippen LogP contribution in [0.2, 0.25) is 0 Å². The zero-order valence-corrected chi connectivity index (χ0v) is 9.11. The molecule has 1 aromatic carbocycles. The molecule has 0 bridgehead atoms. The molecule has 2 heterocycles. The maximum Gasteiger partial charge on any atom is 0.124 e. The number of nitrogens with zero attached hydrogens (tertiary/aromatic N) is 2. The third kappa shape index (κ3) is 1.53. The maximum atomic E-state index is 9.22. The molecule has 0 aliphatic carbocycles. The van der Waals surface area contributed by atoms with Crippen LogP contribution in [0.4, 0.5) is 0 Å². The molecule has 0 spiro atoms. The van der Waals surface area contributed by atoms with Gasteiger partial charge >= 0.3 is 0 Å².